The molecule has 0 saturated heterocycles. The Hall–Kier alpha value is -2.47. The number of amides is 1. The van der Waals surface area contributed by atoms with E-state index in [-0.39, 0.29) is 5.91 Å². The van der Waals surface area contributed by atoms with Crippen LogP contribution < -0.4 is 5.32 Å². The second-order valence-corrected chi connectivity index (χ2v) is 5.27. The fraction of sp³-hybridized carbons (Fsp3) is 0.0714. The number of rotatable bonds is 3. The van der Waals surface area contributed by atoms with Gasteiger partial charge in [0.05, 0.1) is 10.7 Å². The van der Waals surface area contributed by atoms with E-state index in [1.165, 1.54) is 11.3 Å². The Morgan fingerprint density at radius 1 is 1.30 bits per heavy atom. The summed E-state index contributed by atoms with van der Waals surface area (Å²) in [5.41, 5.74) is 2.12. The molecule has 1 N–H and O–H groups in total. The molecule has 1 aromatic carbocycles. The zero-order valence-electron chi connectivity index (χ0n) is 10.8. The van der Waals surface area contributed by atoms with E-state index >= 15 is 0 Å². The van der Waals surface area contributed by atoms with E-state index in [9.17, 15) is 4.79 Å². The van der Waals surface area contributed by atoms with Crippen LogP contribution in [0.4, 0.5) is 5.69 Å². The number of anilines is 1. The van der Waals surface area contributed by atoms with Gasteiger partial charge in [-0.2, -0.15) is 5.10 Å². The molecule has 0 spiro atoms. The van der Waals surface area contributed by atoms with E-state index in [0.717, 1.165) is 16.4 Å². The van der Waals surface area contributed by atoms with Crippen molar-refractivity contribution >= 4 is 22.9 Å². The summed E-state index contributed by atoms with van der Waals surface area (Å²) in [6.07, 6.45) is 3.59. The molecule has 6 heteroatoms. The van der Waals surface area contributed by atoms with Crippen LogP contribution in [0.1, 0.15) is 15.5 Å². The molecular formula is C14H12N4OS. The number of thiazole rings is 1. The lowest BCUT2D eigenvalue weighted by atomic mass is 10.2. The summed E-state index contributed by atoms with van der Waals surface area (Å²) in [5, 5.41) is 9.60. The van der Waals surface area contributed by atoms with E-state index in [1.54, 1.807) is 16.3 Å². The molecule has 0 aliphatic rings. The SMILES string of the molecule is Cc1nc(C(=O)Nc2ccc(-n3cccn3)cc2)cs1. The maximum absolute atomic E-state index is 12.0. The molecule has 0 atom stereocenters. The number of nitrogens with zero attached hydrogens (tertiary/aromatic N) is 3. The third-order valence-corrected chi connectivity index (χ3v) is 3.52. The van der Waals surface area contributed by atoms with Gasteiger partial charge in [-0.3, -0.25) is 4.79 Å². The highest BCUT2D eigenvalue weighted by Gasteiger charge is 2.09. The van der Waals surface area contributed by atoms with E-state index in [1.807, 2.05) is 43.5 Å². The average Bonchev–Trinajstić information content (AvgIpc) is 3.10. The van der Waals surface area contributed by atoms with Crippen molar-refractivity contribution in [3.63, 3.8) is 0 Å². The van der Waals surface area contributed by atoms with Crippen molar-refractivity contribution in [2.75, 3.05) is 5.32 Å². The third-order valence-electron chi connectivity index (χ3n) is 2.75. The summed E-state index contributed by atoms with van der Waals surface area (Å²) in [5.74, 6) is -0.193. The van der Waals surface area contributed by atoms with Crippen LogP contribution >= 0.6 is 11.3 Å². The predicted molar refractivity (Wildman–Crippen MR) is 78.4 cm³/mol. The van der Waals surface area contributed by atoms with Gasteiger partial charge in [-0.05, 0) is 37.3 Å². The highest BCUT2D eigenvalue weighted by Crippen LogP contribution is 2.14. The van der Waals surface area contributed by atoms with Crippen LogP contribution in [0.25, 0.3) is 5.69 Å². The van der Waals surface area contributed by atoms with Gasteiger partial charge in [0, 0.05) is 23.5 Å². The van der Waals surface area contributed by atoms with Crippen molar-refractivity contribution < 1.29 is 4.79 Å². The first-order chi connectivity index (χ1) is 9.72. The van der Waals surface area contributed by atoms with Crippen molar-refractivity contribution in [3.05, 3.63) is 58.8 Å². The van der Waals surface area contributed by atoms with Gasteiger partial charge in [-0.25, -0.2) is 9.67 Å². The maximum Gasteiger partial charge on any atom is 0.275 e. The van der Waals surface area contributed by atoms with Crippen molar-refractivity contribution in [2.45, 2.75) is 6.92 Å². The van der Waals surface area contributed by atoms with E-state index < -0.39 is 0 Å². The molecular weight excluding hydrogens is 272 g/mol. The monoisotopic (exact) mass is 284 g/mol. The fourth-order valence-electron chi connectivity index (χ4n) is 1.78. The summed E-state index contributed by atoms with van der Waals surface area (Å²) < 4.78 is 1.76. The molecule has 0 unspecified atom stereocenters. The molecule has 0 saturated carbocycles. The highest BCUT2D eigenvalue weighted by molar-refractivity contribution is 7.09. The van der Waals surface area contributed by atoms with Crippen molar-refractivity contribution in [2.24, 2.45) is 0 Å². The first-order valence-corrected chi connectivity index (χ1v) is 6.94. The zero-order valence-corrected chi connectivity index (χ0v) is 11.6. The Kier molecular flexibility index (Phi) is 3.30. The largest absolute Gasteiger partial charge is 0.321 e. The lowest BCUT2D eigenvalue weighted by Gasteiger charge is -2.05. The Morgan fingerprint density at radius 3 is 2.70 bits per heavy atom. The van der Waals surface area contributed by atoms with E-state index in [0.29, 0.717) is 5.69 Å². The van der Waals surface area contributed by atoms with Crippen molar-refractivity contribution in [1.82, 2.24) is 14.8 Å². The predicted octanol–water partition coefficient (Wildman–Crippen LogP) is 2.89. The minimum Gasteiger partial charge on any atom is -0.321 e. The van der Waals surface area contributed by atoms with Crippen LogP contribution in [-0.2, 0) is 0 Å². The fourth-order valence-corrected chi connectivity index (χ4v) is 2.37. The number of aryl methyl sites for hydroxylation is 1. The van der Waals surface area contributed by atoms with Crippen LogP contribution in [0.2, 0.25) is 0 Å². The zero-order chi connectivity index (χ0) is 13.9. The molecule has 0 radical (unpaired) electrons. The number of hydrogen-bond donors (Lipinski definition) is 1. The number of aromatic nitrogens is 3. The van der Waals surface area contributed by atoms with Gasteiger partial charge in [0.25, 0.3) is 5.91 Å². The number of hydrogen-bond acceptors (Lipinski definition) is 4. The molecule has 0 aliphatic carbocycles. The Labute approximate surface area is 119 Å². The van der Waals surface area contributed by atoms with E-state index in [4.69, 9.17) is 0 Å². The first kappa shape index (κ1) is 12.6. The lowest BCUT2D eigenvalue weighted by molar-refractivity contribution is 0.102. The second kappa shape index (κ2) is 5.26. The molecule has 1 amide bonds. The van der Waals surface area contributed by atoms with Crippen molar-refractivity contribution in [1.29, 1.82) is 0 Å². The van der Waals surface area contributed by atoms with Gasteiger partial charge >= 0.3 is 0 Å². The van der Waals surface area contributed by atoms with Gasteiger partial charge in [0.15, 0.2) is 0 Å². The molecule has 100 valence electrons. The van der Waals surface area contributed by atoms with Crippen LogP contribution in [-0.4, -0.2) is 20.7 Å². The molecule has 0 bridgehead atoms. The third kappa shape index (κ3) is 2.60. The van der Waals surface area contributed by atoms with Crippen molar-refractivity contribution in [3.8, 4) is 5.69 Å². The summed E-state index contributed by atoms with van der Waals surface area (Å²) in [4.78, 5) is 16.1. The van der Waals surface area contributed by atoms with Gasteiger partial charge in [0.2, 0.25) is 0 Å². The smallest absolute Gasteiger partial charge is 0.275 e. The summed E-state index contributed by atoms with van der Waals surface area (Å²) in [6, 6.07) is 9.34. The molecule has 2 heterocycles. The van der Waals surface area contributed by atoms with E-state index in [2.05, 4.69) is 15.4 Å². The number of carbonyl (C=O) groups excluding carboxylic acids is 1. The normalized spacial score (nSPS) is 10.4. The summed E-state index contributed by atoms with van der Waals surface area (Å²) in [7, 11) is 0. The minimum atomic E-state index is -0.193. The average molecular weight is 284 g/mol. The second-order valence-electron chi connectivity index (χ2n) is 4.20. The topological polar surface area (TPSA) is 59.8 Å². The van der Waals surface area contributed by atoms with Crippen LogP contribution in [0.3, 0.4) is 0 Å². The number of benzene rings is 1. The highest BCUT2D eigenvalue weighted by atomic mass is 32.1. The number of carbonyl (C=O) groups is 1. The molecule has 0 aliphatic heterocycles. The Bertz CT molecular complexity index is 716. The minimum absolute atomic E-state index is 0.193. The molecule has 0 fully saturated rings. The molecule has 2 aromatic heterocycles. The van der Waals surface area contributed by atoms with Gasteiger partial charge in [0.1, 0.15) is 5.69 Å². The standard InChI is InChI=1S/C14H12N4OS/c1-10-16-13(9-20-10)14(19)17-11-3-5-12(6-4-11)18-8-2-7-15-18/h2-9H,1H3,(H,17,19). The molecule has 3 rings (SSSR count). The molecule has 3 aromatic rings. The van der Waals surface area contributed by atoms with Gasteiger partial charge in [-0.1, -0.05) is 0 Å². The lowest BCUT2D eigenvalue weighted by Crippen LogP contribution is -2.12. The number of nitrogens with one attached hydrogen (secondary N) is 1. The van der Waals surface area contributed by atoms with Gasteiger partial charge < -0.3 is 5.32 Å². The van der Waals surface area contributed by atoms with Gasteiger partial charge in [-0.15, -0.1) is 11.3 Å². The Morgan fingerprint density at radius 2 is 2.10 bits per heavy atom. The van der Waals surface area contributed by atoms with Crippen LogP contribution in [0.5, 0.6) is 0 Å². The quantitative estimate of drug-likeness (QED) is 0.804. The van der Waals surface area contributed by atoms with Crippen LogP contribution in [0, 0.1) is 6.92 Å². The summed E-state index contributed by atoms with van der Waals surface area (Å²) in [6.45, 7) is 1.88. The maximum atomic E-state index is 12.0. The Balaban J connectivity index is 1.74. The molecule has 20 heavy (non-hydrogen) atoms. The summed E-state index contributed by atoms with van der Waals surface area (Å²) >= 11 is 1.46. The first-order valence-electron chi connectivity index (χ1n) is 6.06. The van der Waals surface area contributed by atoms with Crippen LogP contribution in [0.15, 0.2) is 48.1 Å². The molecule has 5 nitrogen and oxygen atoms in total.